The van der Waals surface area contributed by atoms with Gasteiger partial charge in [-0.2, -0.15) is 0 Å². The van der Waals surface area contributed by atoms with Crippen LogP contribution < -0.4 is 9.64 Å². The number of benzene rings is 1. The zero-order valence-corrected chi connectivity index (χ0v) is 17.8. The second-order valence-corrected chi connectivity index (χ2v) is 8.08. The van der Waals surface area contributed by atoms with Crippen molar-refractivity contribution >= 4 is 22.9 Å². The van der Waals surface area contributed by atoms with Crippen LogP contribution in [0.1, 0.15) is 20.9 Å². The van der Waals surface area contributed by atoms with Crippen molar-refractivity contribution in [3.8, 4) is 5.75 Å². The second-order valence-electron chi connectivity index (χ2n) is 7.05. The summed E-state index contributed by atoms with van der Waals surface area (Å²) in [7, 11) is 1.65. The number of methoxy groups -OCH3 is 1. The summed E-state index contributed by atoms with van der Waals surface area (Å²) in [6.45, 7) is 4.01. The van der Waals surface area contributed by atoms with E-state index in [-0.39, 0.29) is 5.91 Å². The summed E-state index contributed by atoms with van der Waals surface area (Å²) in [5.41, 5.74) is 2.42. The zero-order chi connectivity index (χ0) is 20.8. The molecule has 1 aliphatic rings. The van der Waals surface area contributed by atoms with Crippen LogP contribution in [0.2, 0.25) is 0 Å². The van der Waals surface area contributed by atoms with Gasteiger partial charge in [-0.05, 0) is 29.6 Å². The molecule has 0 spiro atoms. The maximum Gasteiger partial charge on any atom is 0.273 e. The normalized spacial score (nSPS) is 13.8. The number of carbonyl (C=O) groups excluding carboxylic acids is 1. The Bertz CT molecular complexity index is 971. The number of para-hydroxylation sites is 1. The highest BCUT2D eigenvalue weighted by Crippen LogP contribution is 2.24. The molecule has 30 heavy (non-hydrogen) atoms. The van der Waals surface area contributed by atoms with Gasteiger partial charge in [-0.25, -0.2) is 0 Å². The third-order valence-electron chi connectivity index (χ3n) is 5.11. The molecule has 1 fully saturated rings. The minimum atomic E-state index is -0.0931. The van der Waals surface area contributed by atoms with Crippen molar-refractivity contribution in [3.63, 3.8) is 0 Å². The van der Waals surface area contributed by atoms with E-state index in [4.69, 9.17) is 9.47 Å². The van der Waals surface area contributed by atoms with Gasteiger partial charge in [0.05, 0.1) is 33.4 Å². The summed E-state index contributed by atoms with van der Waals surface area (Å²) in [6, 6.07) is 15.7. The fourth-order valence-electron chi connectivity index (χ4n) is 3.55. The molecule has 3 aromatic rings. The van der Waals surface area contributed by atoms with Gasteiger partial charge >= 0.3 is 0 Å². The molecular weight excluding hydrogens is 398 g/mol. The molecule has 1 aliphatic heterocycles. The lowest BCUT2D eigenvalue weighted by atomic mass is 10.1. The summed E-state index contributed by atoms with van der Waals surface area (Å²) >= 11 is 1.64. The first kappa shape index (κ1) is 20.4. The number of anilines is 1. The lowest BCUT2D eigenvalue weighted by molar-refractivity contribution is 0.0724. The Morgan fingerprint density at radius 3 is 2.77 bits per heavy atom. The first-order valence-electron chi connectivity index (χ1n) is 9.97. The van der Waals surface area contributed by atoms with Gasteiger partial charge in [0.1, 0.15) is 11.4 Å². The summed E-state index contributed by atoms with van der Waals surface area (Å²) in [5.74, 6) is 0.681. The van der Waals surface area contributed by atoms with Crippen LogP contribution in [0.5, 0.6) is 5.75 Å². The molecule has 0 unspecified atom stereocenters. The van der Waals surface area contributed by atoms with Crippen molar-refractivity contribution in [2.75, 3.05) is 38.3 Å². The van der Waals surface area contributed by atoms with E-state index in [2.05, 4.69) is 9.88 Å². The molecule has 0 atom stereocenters. The van der Waals surface area contributed by atoms with Gasteiger partial charge in [-0.15, -0.1) is 11.3 Å². The van der Waals surface area contributed by atoms with Crippen LogP contribution in [0.4, 0.5) is 5.69 Å². The molecule has 1 aromatic carbocycles. The highest BCUT2D eigenvalue weighted by Gasteiger charge is 2.21. The molecule has 3 heterocycles. The number of hydrogen-bond acceptors (Lipinski definition) is 6. The van der Waals surface area contributed by atoms with Crippen LogP contribution >= 0.6 is 11.3 Å². The van der Waals surface area contributed by atoms with Crippen molar-refractivity contribution in [1.82, 2.24) is 9.88 Å². The van der Waals surface area contributed by atoms with Gasteiger partial charge in [0.2, 0.25) is 0 Å². The molecule has 0 bridgehead atoms. The van der Waals surface area contributed by atoms with E-state index in [1.807, 2.05) is 58.8 Å². The van der Waals surface area contributed by atoms with E-state index in [0.717, 1.165) is 35.0 Å². The molecule has 0 radical (unpaired) electrons. The Labute approximate surface area is 180 Å². The van der Waals surface area contributed by atoms with Crippen molar-refractivity contribution in [2.24, 2.45) is 0 Å². The van der Waals surface area contributed by atoms with E-state index in [0.29, 0.717) is 32.0 Å². The van der Waals surface area contributed by atoms with E-state index >= 15 is 0 Å². The highest BCUT2D eigenvalue weighted by atomic mass is 32.1. The molecule has 0 N–H and O–H groups in total. The summed E-state index contributed by atoms with van der Waals surface area (Å²) in [6.07, 6.45) is 1.71. The number of hydrogen-bond donors (Lipinski definition) is 0. The summed E-state index contributed by atoms with van der Waals surface area (Å²) in [4.78, 5) is 23.1. The molecule has 4 rings (SSSR count). The molecule has 6 nitrogen and oxygen atoms in total. The third kappa shape index (κ3) is 4.80. The minimum absolute atomic E-state index is 0.0931. The van der Waals surface area contributed by atoms with Gasteiger partial charge in [0.15, 0.2) is 0 Å². The van der Waals surface area contributed by atoms with Crippen LogP contribution in [0.15, 0.2) is 60.1 Å². The fourth-order valence-corrected chi connectivity index (χ4v) is 4.27. The maximum absolute atomic E-state index is 13.5. The highest BCUT2D eigenvalue weighted by molar-refractivity contribution is 7.09. The fraction of sp³-hybridized carbons (Fsp3) is 0.304. The van der Waals surface area contributed by atoms with Crippen LogP contribution in [0.3, 0.4) is 0 Å². The number of nitrogens with zero attached hydrogens (tertiary/aromatic N) is 3. The monoisotopic (exact) mass is 423 g/mol. The average Bonchev–Trinajstić information content (AvgIpc) is 3.32. The Hall–Kier alpha value is -2.90. The Kier molecular flexibility index (Phi) is 6.61. The third-order valence-corrected chi connectivity index (χ3v) is 5.97. The average molecular weight is 424 g/mol. The van der Waals surface area contributed by atoms with E-state index in [1.165, 1.54) is 0 Å². The van der Waals surface area contributed by atoms with Crippen molar-refractivity contribution in [2.45, 2.75) is 13.1 Å². The number of rotatable bonds is 7. The number of pyridine rings is 1. The Morgan fingerprint density at radius 1 is 1.17 bits per heavy atom. The molecule has 0 saturated carbocycles. The number of carbonyl (C=O) groups is 1. The first-order valence-corrected chi connectivity index (χ1v) is 10.8. The molecular formula is C23H25N3O3S. The van der Waals surface area contributed by atoms with Crippen molar-refractivity contribution < 1.29 is 14.3 Å². The number of ether oxygens (including phenoxy) is 2. The molecule has 0 aliphatic carbocycles. The predicted octanol–water partition coefficient (Wildman–Crippen LogP) is 3.83. The maximum atomic E-state index is 13.5. The second kappa shape index (κ2) is 9.73. The van der Waals surface area contributed by atoms with Gasteiger partial charge in [-0.3, -0.25) is 9.78 Å². The Balaban J connectivity index is 1.60. The van der Waals surface area contributed by atoms with Crippen LogP contribution in [0.25, 0.3) is 0 Å². The molecule has 7 heteroatoms. The number of aromatic nitrogens is 1. The largest absolute Gasteiger partial charge is 0.496 e. The Morgan fingerprint density at radius 2 is 2.00 bits per heavy atom. The quantitative estimate of drug-likeness (QED) is 0.578. The van der Waals surface area contributed by atoms with Gasteiger partial charge < -0.3 is 19.3 Å². The number of amides is 1. The van der Waals surface area contributed by atoms with Crippen LogP contribution in [-0.2, 0) is 17.8 Å². The van der Waals surface area contributed by atoms with Crippen molar-refractivity contribution in [1.29, 1.82) is 0 Å². The molecule has 2 aromatic heterocycles. The lowest BCUT2D eigenvalue weighted by Gasteiger charge is -2.29. The van der Waals surface area contributed by atoms with Gasteiger partial charge in [-0.1, -0.05) is 24.3 Å². The van der Waals surface area contributed by atoms with Crippen molar-refractivity contribution in [3.05, 3.63) is 76.2 Å². The standard InChI is InChI=1S/C23H25N3O3S/c1-28-22-7-3-2-5-18(22)16-26(17-20-6-4-14-30-20)23(27)21-15-19(8-9-24-21)25-10-12-29-13-11-25/h2-9,14-15H,10-13,16-17H2,1H3. The van der Waals surface area contributed by atoms with Crippen LogP contribution in [-0.4, -0.2) is 49.2 Å². The SMILES string of the molecule is COc1ccccc1CN(Cc1cccs1)C(=O)c1cc(N2CCOCC2)ccn1. The predicted molar refractivity (Wildman–Crippen MR) is 118 cm³/mol. The van der Waals surface area contributed by atoms with Crippen LogP contribution in [0, 0.1) is 0 Å². The topological polar surface area (TPSA) is 54.9 Å². The molecule has 1 amide bonds. The smallest absolute Gasteiger partial charge is 0.273 e. The van der Waals surface area contributed by atoms with Gasteiger partial charge in [0, 0.05) is 35.4 Å². The molecule has 1 saturated heterocycles. The van der Waals surface area contributed by atoms with Gasteiger partial charge in [0.25, 0.3) is 5.91 Å². The van der Waals surface area contributed by atoms with E-state index < -0.39 is 0 Å². The number of thiophene rings is 1. The lowest BCUT2D eigenvalue weighted by Crippen LogP contribution is -2.36. The summed E-state index contributed by atoms with van der Waals surface area (Å²) < 4.78 is 10.9. The minimum Gasteiger partial charge on any atom is -0.496 e. The van der Waals surface area contributed by atoms with E-state index in [1.54, 1.807) is 24.6 Å². The van der Waals surface area contributed by atoms with E-state index in [9.17, 15) is 4.79 Å². The zero-order valence-electron chi connectivity index (χ0n) is 17.0. The number of morpholine rings is 1. The first-order chi connectivity index (χ1) is 14.7. The summed E-state index contributed by atoms with van der Waals surface area (Å²) in [5, 5.41) is 2.03. The molecule has 156 valence electrons.